The highest BCUT2D eigenvalue weighted by molar-refractivity contribution is 8.26. The summed E-state index contributed by atoms with van der Waals surface area (Å²) in [7, 11) is 0. The SMILES string of the molecule is O=C(NN1C(=O)/C(=C\c2cccc([N+](=O)[O-])c2)SC1=S)c1ccncc1. The topological polar surface area (TPSA) is 105 Å². The number of benzene rings is 1. The summed E-state index contributed by atoms with van der Waals surface area (Å²) in [6.45, 7) is 0. The minimum absolute atomic E-state index is 0.0831. The van der Waals surface area contributed by atoms with Gasteiger partial charge in [-0.3, -0.25) is 30.1 Å². The van der Waals surface area contributed by atoms with E-state index in [1.807, 2.05) is 0 Å². The van der Waals surface area contributed by atoms with Crippen molar-refractivity contribution in [1.82, 2.24) is 15.4 Å². The van der Waals surface area contributed by atoms with Crippen molar-refractivity contribution in [3.8, 4) is 0 Å². The Labute approximate surface area is 157 Å². The lowest BCUT2D eigenvalue weighted by atomic mass is 10.2. The number of hydrogen-bond donors (Lipinski definition) is 1. The summed E-state index contributed by atoms with van der Waals surface area (Å²) >= 11 is 6.14. The van der Waals surface area contributed by atoms with Crippen LogP contribution in [0.15, 0.2) is 53.7 Å². The Bertz CT molecular complexity index is 946. The third-order valence-corrected chi connectivity index (χ3v) is 4.63. The van der Waals surface area contributed by atoms with Crippen LogP contribution in [0.1, 0.15) is 15.9 Å². The third-order valence-electron chi connectivity index (χ3n) is 3.33. The van der Waals surface area contributed by atoms with E-state index in [1.165, 1.54) is 48.8 Å². The Morgan fingerprint density at radius 2 is 2.04 bits per heavy atom. The Morgan fingerprint density at radius 3 is 2.73 bits per heavy atom. The molecule has 0 saturated carbocycles. The fraction of sp³-hybridized carbons (Fsp3) is 0. The third kappa shape index (κ3) is 3.76. The number of rotatable bonds is 4. The molecule has 26 heavy (non-hydrogen) atoms. The number of pyridine rings is 1. The Morgan fingerprint density at radius 1 is 1.31 bits per heavy atom. The van der Waals surface area contributed by atoms with Crippen LogP contribution in [0.4, 0.5) is 5.69 Å². The summed E-state index contributed by atoms with van der Waals surface area (Å²) in [6.07, 6.45) is 4.41. The second-order valence-electron chi connectivity index (χ2n) is 5.05. The highest BCUT2D eigenvalue weighted by atomic mass is 32.2. The number of nitrogens with zero attached hydrogens (tertiary/aromatic N) is 3. The van der Waals surface area contributed by atoms with Gasteiger partial charge in [0.25, 0.3) is 17.5 Å². The number of hydrogen-bond acceptors (Lipinski definition) is 7. The van der Waals surface area contributed by atoms with Gasteiger partial charge in [0.2, 0.25) is 0 Å². The number of carbonyl (C=O) groups is 2. The average molecular weight is 386 g/mol. The van der Waals surface area contributed by atoms with Crippen LogP contribution in [-0.2, 0) is 4.79 Å². The van der Waals surface area contributed by atoms with Crippen molar-refractivity contribution in [1.29, 1.82) is 0 Å². The molecule has 1 aromatic heterocycles. The van der Waals surface area contributed by atoms with Crippen LogP contribution in [0, 0.1) is 10.1 Å². The molecule has 2 heterocycles. The maximum Gasteiger partial charge on any atom is 0.285 e. The molecule has 3 rings (SSSR count). The lowest BCUT2D eigenvalue weighted by Crippen LogP contribution is -2.44. The predicted octanol–water partition coefficient (Wildman–Crippen LogP) is 2.54. The lowest BCUT2D eigenvalue weighted by Gasteiger charge is -2.15. The fourth-order valence-corrected chi connectivity index (χ4v) is 3.29. The standard InChI is InChI=1S/C16H10N4O4S2/c21-14(11-4-6-17-7-5-11)18-19-15(22)13(26-16(19)25)9-10-2-1-3-12(8-10)20(23)24/h1-9H,(H,18,21)/b13-9+. The van der Waals surface area contributed by atoms with Crippen molar-refractivity contribution in [3.63, 3.8) is 0 Å². The summed E-state index contributed by atoms with van der Waals surface area (Å²) in [5.41, 5.74) is 3.18. The number of amides is 2. The largest absolute Gasteiger partial charge is 0.285 e. The van der Waals surface area contributed by atoms with E-state index in [0.29, 0.717) is 11.1 Å². The molecule has 0 unspecified atom stereocenters. The Balaban J connectivity index is 1.79. The Hall–Kier alpha value is -3.11. The number of nitro benzene ring substituents is 1. The van der Waals surface area contributed by atoms with Gasteiger partial charge in [-0.15, -0.1) is 0 Å². The van der Waals surface area contributed by atoms with Crippen LogP contribution < -0.4 is 5.43 Å². The van der Waals surface area contributed by atoms with Crippen molar-refractivity contribution in [2.45, 2.75) is 0 Å². The summed E-state index contributed by atoms with van der Waals surface area (Å²) in [5, 5.41) is 11.8. The molecule has 0 aliphatic carbocycles. The second kappa shape index (κ2) is 7.42. The number of aromatic nitrogens is 1. The molecule has 1 aromatic carbocycles. The summed E-state index contributed by atoms with van der Waals surface area (Å²) in [6, 6.07) is 8.88. The first-order valence-corrected chi connectivity index (χ1v) is 8.41. The molecule has 0 bridgehead atoms. The maximum atomic E-state index is 12.5. The molecule has 0 atom stereocenters. The number of nitrogens with one attached hydrogen (secondary N) is 1. The first-order chi connectivity index (χ1) is 12.5. The molecule has 1 aliphatic rings. The van der Waals surface area contributed by atoms with Crippen LogP contribution in [0.3, 0.4) is 0 Å². The number of thioether (sulfide) groups is 1. The summed E-state index contributed by atoms with van der Waals surface area (Å²) in [5.74, 6) is -1.01. The molecule has 10 heteroatoms. The summed E-state index contributed by atoms with van der Waals surface area (Å²) < 4.78 is 0.161. The molecule has 1 saturated heterocycles. The van der Waals surface area contributed by atoms with Gasteiger partial charge in [0.15, 0.2) is 4.32 Å². The number of nitro groups is 1. The Kier molecular flexibility index (Phi) is 5.05. The molecule has 1 aliphatic heterocycles. The number of non-ortho nitro benzene ring substituents is 1. The molecule has 0 spiro atoms. The molecule has 2 aromatic rings. The van der Waals surface area contributed by atoms with E-state index in [2.05, 4.69) is 10.4 Å². The van der Waals surface area contributed by atoms with Gasteiger partial charge in [-0.1, -0.05) is 23.9 Å². The number of carbonyl (C=O) groups excluding carboxylic acids is 2. The minimum atomic E-state index is -0.516. The van der Waals surface area contributed by atoms with Crippen LogP contribution >= 0.6 is 24.0 Å². The van der Waals surface area contributed by atoms with E-state index >= 15 is 0 Å². The van der Waals surface area contributed by atoms with Gasteiger partial charge in [0.05, 0.1) is 9.83 Å². The lowest BCUT2D eigenvalue weighted by molar-refractivity contribution is -0.384. The van der Waals surface area contributed by atoms with Gasteiger partial charge in [-0.05, 0) is 36.0 Å². The monoisotopic (exact) mass is 386 g/mol. The van der Waals surface area contributed by atoms with Crippen LogP contribution in [-0.4, -0.2) is 31.1 Å². The highest BCUT2D eigenvalue weighted by Crippen LogP contribution is 2.31. The molecule has 1 N–H and O–H groups in total. The number of thiocarbonyl (C=S) groups is 1. The van der Waals surface area contributed by atoms with E-state index in [4.69, 9.17) is 12.2 Å². The van der Waals surface area contributed by atoms with Crippen molar-refractivity contribution in [2.75, 3.05) is 0 Å². The molecular formula is C16H10N4O4S2. The van der Waals surface area contributed by atoms with E-state index in [0.717, 1.165) is 16.8 Å². The average Bonchev–Trinajstić information content (AvgIpc) is 2.90. The zero-order chi connectivity index (χ0) is 18.7. The predicted molar refractivity (Wildman–Crippen MR) is 99.8 cm³/mol. The van der Waals surface area contributed by atoms with Gasteiger partial charge in [0.1, 0.15) is 0 Å². The molecule has 0 radical (unpaired) electrons. The normalized spacial score (nSPS) is 15.4. The van der Waals surface area contributed by atoms with Crippen molar-refractivity contribution < 1.29 is 14.5 Å². The van der Waals surface area contributed by atoms with E-state index in [1.54, 1.807) is 6.07 Å². The van der Waals surface area contributed by atoms with Gasteiger partial charge in [-0.25, -0.2) is 0 Å². The van der Waals surface area contributed by atoms with Gasteiger partial charge in [-0.2, -0.15) is 5.01 Å². The van der Waals surface area contributed by atoms with Crippen LogP contribution in [0.5, 0.6) is 0 Å². The van der Waals surface area contributed by atoms with Crippen molar-refractivity contribution >= 4 is 51.9 Å². The van der Waals surface area contributed by atoms with E-state index in [9.17, 15) is 19.7 Å². The van der Waals surface area contributed by atoms with Crippen LogP contribution in [0.2, 0.25) is 0 Å². The second-order valence-corrected chi connectivity index (χ2v) is 6.72. The molecule has 8 nitrogen and oxygen atoms in total. The smallest absolute Gasteiger partial charge is 0.267 e. The van der Waals surface area contributed by atoms with Gasteiger partial charge >= 0.3 is 0 Å². The zero-order valence-corrected chi connectivity index (χ0v) is 14.6. The van der Waals surface area contributed by atoms with Crippen molar-refractivity contribution in [3.05, 3.63) is 74.9 Å². The summed E-state index contributed by atoms with van der Waals surface area (Å²) in [4.78, 5) is 39.1. The van der Waals surface area contributed by atoms with E-state index in [-0.39, 0.29) is 14.9 Å². The van der Waals surface area contributed by atoms with Gasteiger partial charge < -0.3 is 0 Å². The first-order valence-electron chi connectivity index (χ1n) is 7.19. The number of hydrazine groups is 1. The maximum absolute atomic E-state index is 12.5. The minimum Gasteiger partial charge on any atom is -0.267 e. The molecule has 2 amide bonds. The fourth-order valence-electron chi connectivity index (χ4n) is 2.11. The van der Waals surface area contributed by atoms with E-state index < -0.39 is 16.7 Å². The van der Waals surface area contributed by atoms with Crippen molar-refractivity contribution in [2.24, 2.45) is 0 Å². The highest BCUT2D eigenvalue weighted by Gasteiger charge is 2.33. The van der Waals surface area contributed by atoms with Gasteiger partial charge in [0, 0.05) is 30.1 Å². The first kappa shape index (κ1) is 17.7. The molecule has 1 fully saturated rings. The molecular weight excluding hydrogens is 376 g/mol. The molecule has 130 valence electrons. The van der Waals surface area contributed by atoms with Crippen LogP contribution in [0.25, 0.3) is 6.08 Å². The quantitative estimate of drug-likeness (QED) is 0.372. The zero-order valence-electron chi connectivity index (χ0n) is 13.0.